The number of nitrogens with zero attached hydrogens (tertiary/aromatic N) is 2. The maximum Gasteiger partial charge on any atom is 0.201 e. The molecule has 0 radical (unpaired) electrons. The van der Waals surface area contributed by atoms with Crippen LogP contribution in [-0.4, -0.2) is 30.7 Å². The van der Waals surface area contributed by atoms with Crippen molar-refractivity contribution in [2.24, 2.45) is 0 Å². The molecular weight excluding hydrogens is 466 g/mol. The van der Waals surface area contributed by atoms with Crippen molar-refractivity contribution in [1.29, 1.82) is 0 Å². The van der Waals surface area contributed by atoms with Crippen LogP contribution in [0.2, 0.25) is 0 Å². The van der Waals surface area contributed by atoms with Gasteiger partial charge >= 0.3 is 0 Å². The average Bonchev–Trinajstić information content (AvgIpc) is 3.00. The van der Waals surface area contributed by atoms with E-state index in [1.165, 1.54) is 22.5 Å². The number of para-hydroxylation sites is 2. The van der Waals surface area contributed by atoms with Gasteiger partial charge in [0.15, 0.2) is 6.04 Å². The maximum absolute atomic E-state index is 4.06. The number of fused-ring (bicyclic) bond motifs is 2. The molecule has 4 aromatic rings. The molecule has 0 bridgehead atoms. The molecule has 5 nitrogen and oxygen atoms in total. The number of anilines is 2. The minimum atomic E-state index is 0.0429. The van der Waals surface area contributed by atoms with Crippen LogP contribution in [0.5, 0.6) is 0 Å². The molecule has 2 saturated heterocycles. The van der Waals surface area contributed by atoms with Gasteiger partial charge in [0, 0.05) is 12.2 Å². The lowest BCUT2D eigenvalue weighted by Crippen LogP contribution is -2.73. The van der Waals surface area contributed by atoms with Gasteiger partial charge in [-0.15, -0.1) is 0 Å². The molecule has 6 atom stereocenters. The first-order valence-electron chi connectivity index (χ1n) is 13.7. The highest BCUT2D eigenvalue weighted by atomic mass is 15.6. The second-order valence-electron chi connectivity index (χ2n) is 10.6. The molecule has 6 unspecified atom stereocenters. The number of benzene rings is 4. The number of hydrazine groups is 1. The molecule has 2 aliphatic heterocycles. The zero-order valence-corrected chi connectivity index (χ0v) is 21.4. The number of hydrogen-bond acceptors (Lipinski definition) is 5. The molecule has 3 fully saturated rings. The van der Waals surface area contributed by atoms with Crippen LogP contribution < -0.4 is 26.0 Å². The summed E-state index contributed by atoms with van der Waals surface area (Å²) >= 11 is 0. The van der Waals surface area contributed by atoms with E-state index in [-0.39, 0.29) is 24.3 Å². The van der Waals surface area contributed by atoms with Crippen molar-refractivity contribution in [3.8, 4) is 0 Å². The van der Waals surface area contributed by atoms with Gasteiger partial charge in [0.1, 0.15) is 12.6 Å². The van der Waals surface area contributed by atoms with Crippen LogP contribution in [0, 0.1) is 6.42 Å². The predicted molar refractivity (Wildman–Crippen MR) is 155 cm³/mol. The molecule has 0 spiro atoms. The van der Waals surface area contributed by atoms with Crippen LogP contribution >= 0.6 is 0 Å². The Morgan fingerprint density at radius 3 is 1.79 bits per heavy atom. The molecule has 4 aromatic carbocycles. The normalized spacial score (nSPS) is 28.6. The standard InChI is InChI=1S/C33H34N5/c1-5-13-24(14-6-1)30-23-37(26-17-9-3-10-18-26)31-22-32-29(21-28(31)34-30)35-33(25-15-7-2-8-16-25)36-38(32)27-19-11-4-12-20-27/h1-20,22,28-36H,21,23H2/q+1. The van der Waals surface area contributed by atoms with Gasteiger partial charge in [-0.25, -0.2) is 5.43 Å². The molecule has 190 valence electrons. The van der Waals surface area contributed by atoms with E-state index < -0.39 is 0 Å². The van der Waals surface area contributed by atoms with Crippen LogP contribution in [-0.2, 0) is 0 Å². The number of piperazine rings is 1. The van der Waals surface area contributed by atoms with Crippen molar-refractivity contribution in [2.45, 2.75) is 42.8 Å². The molecule has 2 heterocycles. The molecular formula is C33H34N5+. The first-order chi connectivity index (χ1) is 18.8. The Balaban J connectivity index is 1.24. The predicted octanol–water partition coefficient (Wildman–Crippen LogP) is 5.23. The summed E-state index contributed by atoms with van der Waals surface area (Å²) in [6.07, 6.45) is 3.64. The third-order valence-electron chi connectivity index (χ3n) is 8.29. The van der Waals surface area contributed by atoms with E-state index in [2.05, 4.69) is 154 Å². The topological polar surface area (TPSA) is 42.6 Å². The number of nitrogens with one attached hydrogen (secondary N) is 3. The molecule has 1 aliphatic carbocycles. The quantitative estimate of drug-likeness (QED) is 0.335. The van der Waals surface area contributed by atoms with Crippen molar-refractivity contribution in [3.05, 3.63) is 139 Å². The zero-order valence-electron chi connectivity index (χ0n) is 21.4. The van der Waals surface area contributed by atoms with Gasteiger partial charge in [-0.2, -0.15) is 0 Å². The summed E-state index contributed by atoms with van der Waals surface area (Å²) in [5.41, 5.74) is 8.89. The largest absolute Gasteiger partial charge is 0.328 e. The Hall–Kier alpha value is -3.77. The van der Waals surface area contributed by atoms with Crippen LogP contribution in [0.15, 0.2) is 121 Å². The van der Waals surface area contributed by atoms with Crippen LogP contribution in [0.1, 0.15) is 29.8 Å². The van der Waals surface area contributed by atoms with E-state index in [1.54, 1.807) is 0 Å². The fourth-order valence-electron chi connectivity index (χ4n) is 6.48. The van der Waals surface area contributed by atoms with E-state index in [9.17, 15) is 0 Å². The second kappa shape index (κ2) is 10.2. The summed E-state index contributed by atoms with van der Waals surface area (Å²) in [7, 11) is 0. The SMILES string of the molecule is c1ccc(C2CN(c3ccccc3)C3[CH+]C4C(CC3N2)NC(c2ccccc2)NN4c2ccccc2)cc1. The smallest absolute Gasteiger partial charge is 0.201 e. The van der Waals surface area contributed by atoms with E-state index in [0.717, 1.165) is 13.0 Å². The molecule has 38 heavy (non-hydrogen) atoms. The van der Waals surface area contributed by atoms with Gasteiger partial charge in [0.05, 0.1) is 23.8 Å². The third-order valence-corrected chi connectivity index (χ3v) is 8.29. The summed E-state index contributed by atoms with van der Waals surface area (Å²) in [5.74, 6) is 0. The Bertz CT molecular complexity index is 1210. The van der Waals surface area contributed by atoms with Crippen molar-refractivity contribution in [1.82, 2.24) is 16.1 Å². The Morgan fingerprint density at radius 1 is 0.579 bits per heavy atom. The zero-order chi connectivity index (χ0) is 25.3. The highest BCUT2D eigenvalue weighted by molar-refractivity contribution is 5.53. The Morgan fingerprint density at radius 2 is 1.13 bits per heavy atom. The van der Waals surface area contributed by atoms with E-state index in [1.807, 2.05) is 0 Å². The van der Waals surface area contributed by atoms with Crippen molar-refractivity contribution in [2.75, 3.05) is 16.5 Å². The highest BCUT2D eigenvalue weighted by Gasteiger charge is 2.54. The van der Waals surface area contributed by atoms with Crippen LogP contribution in [0.25, 0.3) is 0 Å². The maximum atomic E-state index is 4.06. The van der Waals surface area contributed by atoms with Gasteiger partial charge in [-0.05, 0) is 41.8 Å². The molecule has 1 saturated carbocycles. The minimum Gasteiger partial charge on any atom is -0.328 e. The molecule has 3 N–H and O–H groups in total. The van der Waals surface area contributed by atoms with E-state index in [4.69, 9.17) is 0 Å². The summed E-state index contributed by atoms with van der Waals surface area (Å²) in [6.45, 7) is 0.932. The van der Waals surface area contributed by atoms with E-state index >= 15 is 0 Å². The van der Waals surface area contributed by atoms with Crippen molar-refractivity contribution < 1.29 is 0 Å². The summed E-state index contributed by atoms with van der Waals surface area (Å²) < 4.78 is 0. The van der Waals surface area contributed by atoms with Crippen LogP contribution in [0.4, 0.5) is 11.4 Å². The Kier molecular flexibility index (Phi) is 6.26. The van der Waals surface area contributed by atoms with Crippen LogP contribution in [0.3, 0.4) is 0 Å². The molecule has 0 amide bonds. The molecule has 0 aromatic heterocycles. The van der Waals surface area contributed by atoms with Gasteiger partial charge in [-0.1, -0.05) is 97.1 Å². The minimum absolute atomic E-state index is 0.0429. The molecule has 3 aliphatic rings. The molecule has 5 heteroatoms. The fourth-order valence-corrected chi connectivity index (χ4v) is 6.48. The highest BCUT2D eigenvalue weighted by Crippen LogP contribution is 2.38. The first-order valence-corrected chi connectivity index (χ1v) is 13.7. The van der Waals surface area contributed by atoms with E-state index in [0.29, 0.717) is 12.1 Å². The lowest BCUT2D eigenvalue weighted by molar-refractivity contribution is 0.175. The molecule has 7 rings (SSSR count). The average molecular weight is 501 g/mol. The lowest BCUT2D eigenvalue weighted by Gasteiger charge is -2.52. The van der Waals surface area contributed by atoms with Gasteiger partial charge in [0.2, 0.25) is 6.04 Å². The number of rotatable bonds is 4. The number of hydrogen-bond donors (Lipinski definition) is 3. The van der Waals surface area contributed by atoms with Gasteiger partial charge in [0.25, 0.3) is 0 Å². The van der Waals surface area contributed by atoms with Gasteiger partial charge in [-0.3, -0.25) is 15.6 Å². The first kappa shape index (κ1) is 23.4. The second-order valence-corrected chi connectivity index (χ2v) is 10.6. The summed E-state index contributed by atoms with van der Waals surface area (Å²) in [5, 5.41) is 10.4. The Labute approximate surface area is 225 Å². The monoisotopic (exact) mass is 500 g/mol. The van der Waals surface area contributed by atoms with Gasteiger partial charge < -0.3 is 4.90 Å². The fraction of sp³-hybridized carbons (Fsp3) is 0.242. The summed E-state index contributed by atoms with van der Waals surface area (Å²) in [4.78, 5) is 2.61. The summed E-state index contributed by atoms with van der Waals surface area (Å²) in [6, 6.07) is 44.7. The lowest BCUT2D eigenvalue weighted by atomic mass is 9.78. The third kappa shape index (κ3) is 4.43. The van der Waals surface area contributed by atoms with Crippen molar-refractivity contribution >= 4 is 11.4 Å². The van der Waals surface area contributed by atoms with Crippen molar-refractivity contribution in [3.63, 3.8) is 0 Å².